The highest BCUT2D eigenvalue weighted by Crippen LogP contribution is 2.22. The lowest BCUT2D eigenvalue weighted by Gasteiger charge is -1.98. The first-order chi connectivity index (χ1) is 7.66. The summed E-state index contributed by atoms with van der Waals surface area (Å²) in [5.74, 6) is 1.34. The van der Waals surface area contributed by atoms with Gasteiger partial charge in [0.15, 0.2) is 5.76 Å². The molecule has 0 radical (unpaired) electrons. The predicted octanol–water partition coefficient (Wildman–Crippen LogP) is 3.24. The summed E-state index contributed by atoms with van der Waals surface area (Å²) in [5.41, 5.74) is 2.98. The van der Waals surface area contributed by atoms with Crippen molar-refractivity contribution < 1.29 is 4.52 Å². The Balaban J connectivity index is 2.28. The Kier molecular flexibility index (Phi) is 3.04. The molecule has 3 heteroatoms. The van der Waals surface area contributed by atoms with Crippen LogP contribution in [0.5, 0.6) is 0 Å². The van der Waals surface area contributed by atoms with Crippen LogP contribution in [0, 0.1) is 12.8 Å². The smallest absolute Gasteiger partial charge is 0.185 e. The number of aryl methyl sites for hydroxylation is 1. The fourth-order valence-corrected chi connectivity index (χ4v) is 1.68. The van der Waals surface area contributed by atoms with E-state index in [0.717, 1.165) is 29.1 Å². The zero-order chi connectivity index (χ0) is 11.5. The molecule has 2 rings (SSSR count). The van der Waals surface area contributed by atoms with Crippen molar-refractivity contribution in [1.82, 2.24) is 10.1 Å². The molecule has 0 aliphatic carbocycles. The lowest BCUT2D eigenvalue weighted by molar-refractivity contribution is 0.417. The van der Waals surface area contributed by atoms with Crippen LogP contribution in [0.15, 0.2) is 28.9 Å². The van der Waals surface area contributed by atoms with E-state index >= 15 is 0 Å². The van der Waals surface area contributed by atoms with Gasteiger partial charge in [0.05, 0.1) is 5.69 Å². The zero-order valence-electron chi connectivity index (χ0n) is 9.90. The van der Waals surface area contributed by atoms with Gasteiger partial charge in [-0.15, -0.1) is 0 Å². The van der Waals surface area contributed by atoms with E-state index < -0.39 is 0 Å². The summed E-state index contributed by atoms with van der Waals surface area (Å²) < 4.78 is 5.32. The molecule has 84 valence electrons. The third-order valence-electron chi connectivity index (χ3n) is 2.42. The molecule has 0 saturated carbocycles. The zero-order valence-corrected chi connectivity index (χ0v) is 9.90. The standard InChI is InChI=1S/C13H16N2O/c1-9(2)7-11-8-12(16-15-11)13-10(3)5-4-6-14-13/h4-6,8-9H,7H2,1-3H3. The average molecular weight is 216 g/mol. The molecule has 0 fully saturated rings. The van der Waals surface area contributed by atoms with Gasteiger partial charge in [0.25, 0.3) is 0 Å². The maximum Gasteiger partial charge on any atom is 0.185 e. The summed E-state index contributed by atoms with van der Waals surface area (Å²) in [7, 11) is 0. The van der Waals surface area contributed by atoms with Crippen LogP contribution in [0.2, 0.25) is 0 Å². The molecule has 2 heterocycles. The van der Waals surface area contributed by atoms with E-state index in [0.29, 0.717) is 5.92 Å². The van der Waals surface area contributed by atoms with Gasteiger partial charge in [-0.3, -0.25) is 4.98 Å². The second-order valence-corrected chi connectivity index (χ2v) is 4.45. The molecule has 0 aliphatic rings. The summed E-state index contributed by atoms with van der Waals surface area (Å²) in [6, 6.07) is 5.92. The van der Waals surface area contributed by atoms with E-state index in [9.17, 15) is 0 Å². The largest absolute Gasteiger partial charge is 0.354 e. The Morgan fingerprint density at radius 3 is 2.88 bits per heavy atom. The monoisotopic (exact) mass is 216 g/mol. The van der Waals surface area contributed by atoms with Gasteiger partial charge in [0.1, 0.15) is 5.69 Å². The third-order valence-corrected chi connectivity index (χ3v) is 2.42. The van der Waals surface area contributed by atoms with Crippen LogP contribution in [0.25, 0.3) is 11.5 Å². The van der Waals surface area contributed by atoms with Crippen LogP contribution in [0.3, 0.4) is 0 Å². The van der Waals surface area contributed by atoms with Crippen molar-refractivity contribution in [3.63, 3.8) is 0 Å². The number of hydrogen-bond donors (Lipinski definition) is 0. The molecule has 2 aromatic heterocycles. The first kappa shape index (κ1) is 10.9. The quantitative estimate of drug-likeness (QED) is 0.790. The summed E-state index contributed by atoms with van der Waals surface area (Å²) in [4.78, 5) is 4.31. The van der Waals surface area contributed by atoms with Gasteiger partial charge in [-0.2, -0.15) is 0 Å². The van der Waals surface area contributed by atoms with Gasteiger partial charge in [-0.05, 0) is 30.9 Å². The van der Waals surface area contributed by atoms with Crippen LogP contribution < -0.4 is 0 Å². The molecule has 2 aromatic rings. The van der Waals surface area contributed by atoms with E-state index in [1.54, 1.807) is 6.20 Å². The van der Waals surface area contributed by atoms with Crippen molar-refractivity contribution in [2.75, 3.05) is 0 Å². The van der Waals surface area contributed by atoms with Crippen molar-refractivity contribution >= 4 is 0 Å². The summed E-state index contributed by atoms with van der Waals surface area (Å²) in [6.45, 7) is 6.35. The van der Waals surface area contributed by atoms with Crippen molar-refractivity contribution in [3.8, 4) is 11.5 Å². The topological polar surface area (TPSA) is 38.9 Å². The van der Waals surface area contributed by atoms with Crippen LogP contribution >= 0.6 is 0 Å². The van der Waals surface area contributed by atoms with Crippen LogP contribution in [0.4, 0.5) is 0 Å². The van der Waals surface area contributed by atoms with Gasteiger partial charge in [0.2, 0.25) is 0 Å². The molecule has 0 atom stereocenters. The van der Waals surface area contributed by atoms with E-state index in [-0.39, 0.29) is 0 Å². The van der Waals surface area contributed by atoms with Crippen molar-refractivity contribution in [2.24, 2.45) is 5.92 Å². The molecule has 0 amide bonds. The third kappa shape index (κ3) is 2.30. The number of rotatable bonds is 3. The fourth-order valence-electron chi connectivity index (χ4n) is 1.68. The summed E-state index contributed by atoms with van der Waals surface area (Å²) >= 11 is 0. The number of hydrogen-bond acceptors (Lipinski definition) is 3. The molecule has 0 spiro atoms. The number of nitrogens with zero attached hydrogens (tertiary/aromatic N) is 2. The highest BCUT2D eigenvalue weighted by Gasteiger charge is 2.10. The Bertz CT molecular complexity index is 474. The van der Waals surface area contributed by atoms with Gasteiger partial charge < -0.3 is 4.52 Å². The van der Waals surface area contributed by atoms with Gasteiger partial charge >= 0.3 is 0 Å². The molecule has 0 aliphatic heterocycles. The number of pyridine rings is 1. The van der Waals surface area contributed by atoms with Crippen LogP contribution in [-0.4, -0.2) is 10.1 Å². The second kappa shape index (κ2) is 4.47. The molecule has 0 unspecified atom stereocenters. The Morgan fingerprint density at radius 1 is 1.38 bits per heavy atom. The summed E-state index contributed by atoms with van der Waals surface area (Å²) in [6.07, 6.45) is 2.71. The molecule has 0 saturated heterocycles. The van der Waals surface area contributed by atoms with E-state index in [1.807, 2.05) is 25.1 Å². The minimum atomic E-state index is 0.586. The Morgan fingerprint density at radius 2 is 2.19 bits per heavy atom. The molecule has 3 nitrogen and oxygen atoms in total. The number of aromatic nitrogens is 2. The molecular formula is C13H16N2O. The maximum absolute atomic E-state index is 5.32. The van der Waals surface area contributed by atoms with Crippen LogP contribution in [0.1, 0.15) is 25.1 Å². The normalized spacial score (nSPS) is 11.0. The van der Waals surface area contributed by atoms with E-state index in [4.69, 9.17) is 4.52 Å². The molecule has 0 aromatic carbocycles. The van der Waals surface area contributed by atoms with Crippen LogP contribution in [-0.2, 0) is 6.42 Å². The first-order valence-electron chi connectivity index (χ1n) is 5.54. The second-order valence-electron chi connectivity index (χ2n) is 4.45. The fraction of sp³-hybridized carbons (Fsp3) is 0.385. The summed E-state index contributed by atoms with van der Waals surface area (Å²) in [5, 5.41) is 4.06. The van der Waals surface area contributed by atoms with Crippen molar-refractivity contribution in [2.45, 2.75) is 27.2 Å². The molecule has 0 N–H and O–H groups in total. The van der Waals surface area contributed by atoms with Gasteiger partial charge in [0, 0.05) is 12.3 Å². The van der Waals surface area contributed by atoms with Gasteiger partial charge in [-0.25, -0.2) is 0 Å². The van der Waals surface area contributed by atoms with E-state index in [2.05, 4.69) is 24.0 Å². The molecule has 0 bridgehead atoms. The first-order valence-corrected chi connectivity index (χ1v) is 5.54. The lowest BCUT2D eigenvalue weighted by atomic mass is 10.1. The Labute approximate surface area is 95.5 Å². The molecule has 16 heavy (non-hydrogen) atoms. The van der Waals surface area contributed by atoms with Gasteiger partial charge in [-0.1, -0.05) is 25.1 Å². The minimum absolute atomic E-state index is 0.586. The van der Waals surface area contributed by atoms with E-state index in [1.165, 1.54) is 0 Å². The highest BCUT2D eigenvalue weighted by molar-refractivity contribution is 5.56. The highest BCUT2D eigenvalue weighted by atomic mass is 16.5. The molecular weight excluding hydrogens is 200 g/mol. The minimum Gasteiger partial charge on any atom is -0.354 e. The SMILES string of the molecule is Cc1cccnc1-c1cc(CC(C)C)no1. The van der Waals surface area contributed by atoms with Crippen molar-refractivity contribution in [3.05, 3.63) is 35.7 Å². The Hall–Kier alpha value is -1.64. The predicted molar refractivity (Wildman–Crippen MR) is 63.0 cm³/mol. The maximum atomic E-state index is 5.32. The lowest BCUT2D eigenvalue weighted by Crippen LogP contribution is -1.93. The van der Waals surface area contributed by atoms with Crippen molar-refractivity contribution in [1.29, 1.82) is 0 Å². The average Bonchev–Trinajstić information content (AvgIpc) is 2.66.